The van der Waals surface area contributed by atoms with Crippen molar-refractivity contribution in [1.29, 1.82) is 0 Å². The quantitative estimate of drug-likeness (QED) is 0.354. The minimum atomic E-state index is 0. The van der Waals surface area contributed by atoms with Crippen molar-refractivity contribution < 1.29 is 0 Å². The zero-order valence-corrected chi connectivity index (χ0v) is 18.3. The Morgan fingerprint density at radius 1 is 1.21 bits per heavy atom. The third kappa shape index (κ3) is 3.64. The number of aromatic amines is 1. The van der Waals surface area contributed by atoms with E-state index in [1.54, 1.807) is 17.5 Å². The van der Waals surface area contributed by atoms with Crippen LogP contribution in [0.5, 0.6) is 0 Å². The molecule has 4 heterocycles. The lowest BCUT2D eigenvalue weighted by Gasteiger charge is -2.02. The van der Waals surface area contributed by atoms with Gasteiger partial charge in [0.15, 0.2) is 16.6 Å². The molecule has 0 aliphatic rings. The van der Waals surface area contributed by atoms with E-state index in [2.05, 4.69) is 45.6 Å². The van der Waals surface area contributed by atoms with E-state index in [1.165, 1.54) is 10.9 Å². The summed E-state index contributed by atoms with van der Waals surface area (Å²) in [6.45, 7) is 4.46. The highest BCUT2D eigenvalue weighted by atomic mass is 35.5. The average Bonchev–Trinajstić information content (AvgIpc) is 3.37. The lowest BCUT2D eigenvalue weighted by molar-refractivity contribution is 0.649. The molecule has 0 saturated carbocycles. The third-order valence-electron chi connectivity index (χ3n) is 4.68. The van der Waals surface area contributed by atoms with E-state index < -0.39 is 0 Å². The van der Waals surface area contributed by atoms with Crippen LogP contribution in [0.4, 0.5) is 0 Å². The zero-order valence-electron chi connectivity index (χ0n) is 15.9. The van der Waals surface area contributed by atoms with Crippen molar-refractivity contribution in [2.75, 3.05) is 0 Å². The van der Waals surface area contributed by atoms with Gasteiger partial charge in [0.25, 0.3) is 0 Å². The number of aromatic nitrogens is 5. The van der Waals surface area contributed by atoms with E-state index in [-0.39, 0.29) is 12.4 Å². The Labute approximate surface area is 183 Å². The molecule has 0 atom stereocenters. The zero-order chi connectivity index (χ0) is 19.3. The smallest absolute Gasteiger partial charge is 0.194 e. The molecule has 4 aromatic heterocycles. The molecule has 0 radical (unpaired) electrons. The number of imidazole rings is 1. The number of H-pyrrole nitrogens is 1. The number of halogens is 2. The second-order valence-electron chi connectivity index (χ2n) is 7.26. The summed E-state index contributed by atoms with van der Waals surface area (Å²) >= 11 is 7.88. The molecule has 0 spiro atoms. The normalized spacial score (nSPS) is 11.4. The van der Waals surface area contributed by atoms with Crippen molar-refractivity contribution in [1.82, 2.24) is 24.5 Å². The molecule has 0 saturated heterocycles. The van der Waals surface area contributed by atoms with Crippen LogP contribution in [-0.4, -0.2) is 24.5 Å². The van der Waals surface area contributed by atoms with Crippen LogP contribution in [0.3, 0.4) is 0 Å². The maximum atomic E-state index is 6.29. The molecule has 5 aromatic rings. The van der Waals surface area contributed by atoms with Gasteiger partial charge in [0.2, 0.25) is 0 Å². The molecule has 1 aromatic carbocycles. The molecule has 1 N–H and O–H groups in total. The number of hydrogen-bond acceptors (Lipinski definition) is 4. The van der Waals surface area contributed by atoms with E-state index in [9.17, 15) is 0 Å². The number of nitrogens with zero attached hydrogens (tertiary/aromatic N) is 4. The van der Waals surface area contributed by atoms with Gasteiger partial charge in [-0.05, 0) is 42.2 Å². The topological polar surface area (TPSA) is 59.4 Å². The Morgan fingerprint density at radius 3 is 2.86 bits per heavy atom. The Hall–Kier alpha value is -2.41. The number of hydrogen-bond donors (Lipinski definition) is 1. The molecule has 5 nitrogen and oxygen atoms in total. The van der Waals surface area contributed by atoms with Gasteiger partial charge >= 0.3 is 0 Å². The fraction of sp³-hybridized carbons (Fsp3) is 0.190. The summed E-state index contributed by atoms with van der Waals surface area (Å²) in [6.07, 6.45) is 4.94. The van der Waals surface area contributed by atoms with E-state index in [0.717, 1.165) is 39.1 Å². The highest BCUT2D eigenvalue weighted by Gasteiger charge is 2.16. The van der Waals surface area contributed by atoms with E-state index in [0.29, 0.717) is 11.6 Å². The first-order chi connectivity index (χ1) is 13.6. The largest absolute Gasteiger partial charge is 0.335 e. The molecular formula is C21H19Cl2N5S. The Bertz CT molecular complexity index is 1270. The predicted molar refractivity (Wildman–Crippen MR) is 123 cm³/mol. The minimum Gasteiger partial charge on any atom is -0.335 e. The maximum Gasteiger partial charge on any atom is 0.194 e. The molecule has 0 unspecified atom stereocenters. The van der Waals surface area contributed by atoms with Crippen LogP contribution in [-0.2, 0) is 6.42 Å². The molecule has 0 aliphatic carbocycles. The van der Waals surface area contributed by atoms with Gasteiger partial charge in [-0.3, -0.25) is 4.57 Å². The van der Waals surface area contributed by atoms with Crippen LogP contribution < -0.4 is 0 Å². The Balaban J connectivity index is 0.00000205. The first kappa shape index (κ1) is 19.9. The van der Waals surface area contributed by atoms with Gasteiger partial charge in [0.1, 0.15) is 5.69 Å². The third-order valence-corrected chi connectivity index (χ3v) is 5.75. The van der Waals surface area contributed by atoms with E-state index in [4.69, 9.17) is 16.6 Å². The lowest BCUT2D eigenvalue weighted by Crippen LogP contribution is -1.93. The highest BCUT2D eigenvalue weighted by Crippen LogP contribution is 2.31. The van der Waals surface area contributed by atoms with Crippen LogP contribution >= 0.6 is 35.3 Å². The van der Waals surface area contributed by atoms with Gasteiger partial charge in [0.05, 0.1) is 11.0 Å². The van der Waals surface area contributed by atoms with Crippen molar-refractivity contribution in [2.24, 2.45) is 5.92 Å². The summed E-state index contributed by atoms with van der Waals surface area (Å²) in [7, 11) is 0. The summed E-state index contributed by atoms with van der Waals surface area (Å²) in [5.41, 5.74) is 4.81. The number of pyridine rings is 1. The monoisotopic (exact) mass is 443 g/mol. The fourth-order valence-corrected chi connectivity index (χ4v) is 4.44. The van der Waals surface area contributed by atoms with Gasteiger partial charge in [0, 0.05) is 28.2 Å². The molecular weight excluding hydrogens is 425 g/mol. The van der Waals surface area contributed by atoms with Crippen LogP contribution in [0.15, 0.2) is 48.1 Å². The standard InChI is InChI=1S/C21H18ClN5S.ClH/c1-12(2)8-13-10-27(18-9-14(22)5-6-15(13)18)21-25-17(11-28-21)20-24-16-4-3-7-23-19(16)26-20;/h3-7,9-12H,8H2,1-2H3,(H,23,24,26);1H. The van der Waals surface area contributed by atoms with E-state index in [1.807, 2.05) is 29.6 Å². The summed E-state index contributed by atoms with van der Waals surface area (Å²) < 4.78 is 2.13. The minimum absolute atomic E-state index is 0. The Morgan fingerprint density at radius 2 is 2.07 bits per heavy atom. The first-order valence-electron chi connectivity index (χ1n) is 9.15. The van der Waals surface area contributed by atoms with Crippen LogP contribution in [0.25, 0.3) is 38.7 Å². The van der Waals surface area contributed by atoms with E-state index >= 15 is 0 Å². The predicted octanol–water partition coefficient (Wildman–Crippen LogP) is 6.30. The number of thiazole rings is 1. The molecule has 0 bridgehead atoms. The SMILES string of the molecule is CC(C)Cc1cn(-c2nc(-c3nc4ncccc4[nH]3)cs2)c2cc(Cl)ccc12.Cl. The number of nitrogens with one attached hydrogen (secondary N) is 1. The second kappa shape index (κ2) is 7.78. The van der Waals surface area contributed by atoms with Crippen LogP contribution in [0, 0.1) is 5.92 Å². The number of benzene rings is 1. The fourth-order valence-electron chi connectivity index (χ4n) is 3.48. The van der Waals surface area contributed by atoms with Gasteiger partial charge in [-0.15, -0.1) is 23.7 Å². The van der Waals surface area contributed by atoms with Gasteiger partial charge in [-0.25, -0.2) is 15.0 Å². The highest BCUT2D eigenvalue weighted by molar-refractivity contribution is 7.12. The van der Waals surface area contributed by atoms with Crippen LogP contribution in [0.1, 0.15) is 19.4 Å². The van der Waals surface area contributed by atoms with Crippen molar-refractivity contribution in [3.63, 3.8) is 0 Å². The van der Waals surface area contributed by atoms with Crippen LogP contribution in [0.2, 0.25) is 5.02 Å². The van der Waals surface area contributed by atoms with Gasteiger partial charge in [-0.1, -0.05) is 31.5 Å². The van der Waals surface area contributed by atoms with Crippen molar-refractivity contribution in [3.8, 4) is 16.6 Å². The van der Waals surface area contributed by atoms with Crippen molar-refractivity contribution in [3.05, 3.63) is 58.7 Å². The number of rotatable bonds is 4. The summed E-state index contributed by atoms with van der Waals surface area (Å²) in [5.74, 6) is 1.30. The molecule has 0 aliphatic heterocycles. The molecule has 8 heteroatoms. The summed E-state index contributed by atoms with van der Waals surface area (Å²) in [4.78, 5) is 17.0. The van der Waals surface area contributed by atoms with Crippen molar-refractivity contribution in [2.45, 2.75) is 20.3 Å². The molecule has 148 valence electrons. The molecule has 0 amide bonds. The first-order valence-corrected chi connectivity index (χ1v) is 10.4. The van der Waals surface area contributed by atoms with Crippen molar-refractivity contribution >= 4 is 57.4 Å². The van der Waals surface area contributed by atoms with Gasteiger partial charge < -0.3 is 4.98 Å². The Kier molecular flexibility index (Phi) is 5.34. The maximum absolute atomic E-state index is 6.29. The molecule has 5 rings (SSSR count). The van der Waals surface area contributed by atoms with Gasteiger partial charge in [-0.2, -0.15) is 0 Å². The molecule has 0 fully saturated rings. The number of fused-ring (bicyclic) bond motifs is 2. The average molecular weight is 444 g/mol. The summed E-state index contributed by atoms with van der Waals surface area (Å²) in [6, 6.07) is 9.92. The summed E-state index contributed by atoms with van der Waals surface area (Å²) in [5, 5.41) is 4.86. The second-order valence-corrected chi connectivity index (χ2v) is 8.53. The lowest BCUT2D eigenvalue weighted by atomic mass is 10.0. The molecule has 29 heavy (non-hydrogen) atoms.